The smallest absolute Gasteiger partial charge is 0.147 e. The van der Waals surface area contributed by atoms with Crippen LogP contribution < -0.4 is 11.1 Å². The lowest BCUT2D eigenvalue weighted by molar-refractivity contribution is 0.893. The van der Waals surface area contributed by atoms with Crippen LogP contribution in [-0.2, 0) is 0 Å². The first-order valence-corrected chi connectivity index (χ1v) is 5.94. The highest BCUT2D eigenvalue weighted by Crippen LogP contribution is 2.28. The highest BCUT2D eigenvalue weighted by atomic mass is 35.5. The van der Waals surface area contributed by atoms with Gasteiger partial charge in [0.25, 0.3) is 0 Å². The van der Waals surface area contributed by atoms with Crippen molar-refractivity contribution in [3.05, 3.63) is 33.7 Å². The SMILES string of the molecule is CC(Nc1cncc(N)n1)c1ccc(Cl)s1. The fraction of sp³-hybridized carbons (Fsp3) is 0.200. The zero-order valence-electron chi connectivity index (χ0n) is 8.64. The van der Waals surface area contributed by atoms with Crippen molar-refractivity contribution >= 4 is 34.6 Å². The topological polar surface area (TPSA) is 63.8 Å². The van der Waals surface area contributed by atoms with E-state index in [0.717, 1.165) is 9.21 Å². The molecule has 2 rings (SSSR count). The second-order valence-corrected chi connectivity index (χ2v) is 5.08. The van der Waals surface area contributed by atoms with Crippen LogP contribution in [0.15, 0.2) is 24.5 Å². The van der Waals surface area contributed by atoms with Crippen LogP contribution in [0.1, 0.15) is 17.8 Å². The summed E-state index contributed by atoms with van der Waals surface area (Å²) >= 11 is 7.42. The van der Waals surface area contributed by atoms with Crippen LogP contribution in [0.4, 0.5) is 11.6 Å². The Morgan fingerprint density at radius 3 is 2.88 bits per heavy atom. The molecule has 0 aromatic carbocycles. The molecule has 1 atom stereocenters. The summed E-state index contributed by atoms with van der Waals surface area (Å²) in [4.78, 5) is 9.23. The second kappa shape index (κ2) is 4.67. The molecule has 84 valence electrons. The Kier molecular flexibility index (Phi) is 3.26. The molecule has 0 amide bonds. The van der Waals surface area contributed by atoms with Gasteiger partial charge in [0.2, 0.25) is 0 Å². The molecule has 2 aromatic rings. The van der Waals surface area contributed by atoms with E-state index in [-0.39, 0.29) is 6.04 Å². The Bertz CT molecular complexity index is 485. The molecular formula is C10H11ClN4S. The van der Waals surface area contributed by atoms with Crippen molar-refractivity contribution in [1.29, 1.82) is 0 Å². The number of nitrogen functional groups attached to an aromatic ring is 1. The molecule has 0 fully saturated rings. The minimum atomic E-state index is 0.133. The normalized spacial score (nSPS) is 12.4. The largest absolute Gasteiger partial charge is 0.382 e. The average molecular weight is 255 g/mol. The van der Waals surface area contributed by atoms with Crippen LogP contribution in [0.2, 0.25) is 4.34 Å². The van der Waals surface area contributed by atoms with Gasteiger partial charge in [0, 0.05) is 4.88 Å². The average Bonchev–Trinajstić information content (AvgIpc) is 2.65. The summed E-state index contributed by atoms with van der Waals surface area (Å²) in [6.07, 6.45) is 3.15. The third kappa shape index (κ3) is 2.62. The maximum atomic E-state index is 5.88. The van der Waals surface area contributed by atoms with Gasteiger partial charge in [-0.1, -0.05) is 11.6 Å². The van der Waals surface area contributed by atoms with Gasteiger partial charge in [-0.2, -0.15) is 0 Å². The van der Waals surface area contributed by atoms with Gasteiger partial charge in [-0.25, -0.2) is 4.98 Å². The van der Waals surface area contributed by atoms with Crippen molar-refractivity contribution in [3.63, 3.8) is 0 Å². The molecule has 16 heavy (non-hydrogen) atoms. The summed E-state index contributed by atoms with van der Waals surface area (Å²) in [7, 11) is 0. The van der Waals surface area contributed by atoms with E-state index in [1.54, 1.807) is 17.5 Å². The van der Waals surface area contributed by atoms with Crippen LogP contribution >= 0.6 is 22.9 Å². The maximum absolute atomic E-state index is 5.88. The number of hydrogen-bond acceptors (Lipinski definition) is 5. The number of halogens is 1. The molecule has 3 N–H and O–H groups in total. The van der Waals surface area contributed by atoms with Gasteiger partial charge < -0.3 is 11.1 Å². The first-order chi connectivity index (χ1) is 7.65. The molecule has 0 radical (unpaired) electrons. The van der Waals surface area contributed by atoms with Gasteiger partial charge in [0.15, 0.2) is 0 Å². The Morgan fingerprint density at radius 2 is 2.25 bits per heavy atom. The van der Waals surface area contributed by atoms with E-state index in [4.69, 9.17) is 17.3 Å². The zero-order chi connectivity index (χ0) is 11.5. The molecule has 2 heterocycles. The van der Waals surface area contributed by atoms with Gasteiger partial charge in [-0.15, -0.1) is 11.3 Å². The summed E-state index contributed by atoms with van der Waals surface area (Å²) in [5, 5.41) is 3.21. The van der Waals surface area contributed by atoms with Crippen LogP contribution in [0, 0.1) is 0 Å². The van der Waals surface area contributed by atoms with Crippen LogP contribution in [0.5, 0.6) is 0 Å². The third-order valence-corrected chi connectivity index (χ3v) is 3.45. The van der Waals surface area contributed by atoms with E-state index in [1.165, 1.54) is 6.20 Å². The van der Waals surface area contributed by atoms with E-state index >= 15 is 0 Å². The minimum absolute atomic E-state index is 0.133. The van der Waals surface area contributed by atoms with Crippen molar-refractivity contribution in [2.24, 2.45) is 0 Å². The molecule has 1 unspecified atom stereocenters. The van der Waals surface area contributed by atoms with Crippen molar-refractivity contribution in [2.45, 2.75) is 13.0 Å². The number of aromatic nitrogens is 2. The number of nitrogens with two attached hydrogens (primary N) is 1. The molecule has 0 saturated carbocycles. The predicted octanol–water partition coefficient (Wildman–Crippen LogP) is 2.95. The molecule has 0 bridgehead atoms. The number of thiophene rings is 1. The van der Waals surface area contributed by atoms with Gasteiger partial charge in [-0.05, 0) is 19.1 Å². The van der Waals surface area contributed by atoms with Crippen LogP contribution in [0.25, 0.3) is 0 Å². The van der Waals surface area contributed by atoms with E-state index in [2.05, 4.69) is 15.3 Å². The number of hydrogen-bond donors (Lipinski definition) is 2. The van der Waals surface area contributed by atoms with E-state index in [1.807, 2.05) is 19.1 Å². The molecule has 0 aliphatic heterocycles. The fourth-order valence-electron chi connectivity index (χ4n) is 1.30. The highest BCUT2D eigenvalue weighted by Gasteiger charge is 2.08. The standard InChI is InChI=1S/C10H11ClN4S/c1-6(7-2-3-8(11)16-7)14-10-5-13-4-9(12)15-10/h2-6H,1H3,(H3,12,14,15). The van der Waals surface area contributed by atoms with E-state index < -0.39 is 0 Å². The maximum Gasteiger partial charge on any atom is 0.147 e. The van der Waals surface area contributed by atoms with Crippen molar-refractivity contribution < 1.29 is 0 Å². The van der Waals surface area contributed by atoms with Crippen molar-refractivity contribution in [1.82, 2.24) is 9.97 Å². The summed E-state index contributed by atoms with van der Waals surface area (Å²) in [5.41, 5.74) is 5.55. The molecule has 4 nitrogen and oxygen atoms in total. The lowest BCUT2D eigenvalue weighted by Crippen LogP contribution is -2.07. The lowest BCUT2D eigenvalue weighted by Gasteiger charge is -2.12. The van der Waals surface area contributed by atoms with Crippen molar-refractivity contribution in [2.75, 3.05) is 11.1 Å². The summed E-state index contributed by atoms with van der Waals surface area (Å²) in [6, 6.07) is 4.00. The molecule has 0 aliphatic carbocycles. The molecule has 6 heteroatoms. The molecule has 2 aromatic heterocycles. The quantitative estimate of drug-likeness (QED) is 0.884. The van der Waals surface area contributed by atoms with Crippen molar-refractivity contribution in [3.8, 4) is 0 Å². The summed E-state index contributed by atoms with van der Waals surface area (Å²) in [5.74, 6) is 1.07. The molecule has 0 aliphatic rings. The number of nitrogens with one attached hydrogen (secondary N) is 1. The Hall–Kier alpha value is -1.33. The predicted molar refractivity (Wildman–Crippen MR) is 67.8 cm³/mol. The van der Waals surface area contributed by atoms with E-state index in [0.29, 0.717) is 11.6 Å². The number of nitrogens with zero attached hydrogens (tertiary/aromatic N) is 2. The van der Waals surface area contributed by atoms with Gasteiger partial charge in [0.05, 0.1) is 22.8 Å². The first-order valence-electron chi connectivity index (χ1n) is 4.74. The molecular weight excluding hydrogens is 244 g/mol. The fourth-order valence-corrected chi connectivity index (χ4v) is 2.37. The number of rotatable bonds is 3. The number of anilines is 2. The summed E-state index contributed by atoms with van der Waals surface area (Å²) in [6.45, 7) is 2.03. The highest BCUT2D eigenvalue weighted by molar-refractivity contribution is 7.16. The Labute approximate surface area is 102 Å². The molecule has 0 spiro atoms. The van der Waals surface area contributed by atoms with Gasteiger partial charge in [-0.3, -0.25) is 4.98 Å². The minimum Gasteiger partial charge on any atom is -0.382 e. The van der Waals surface area contributed by atoms with Crippen LogP contribution in [-0.4, -0.2) is 9.97 Å². The zero-order valence-corrected chi connectivity index (χ0v) is 10.2. The van der Waals surface area contributed by atoms with Crippen LogP contribution in [0.3, 0.4) is 0 Å². The van der Waals surface area contributed by atoms with Gasteiger partial charge in [0.1, 0.15) is 11.6 Å². The monoisotopic (exact) mass is 254 g/mol. The Morgan fingerprint density at radius 1 is 1.44 bits per heavy atom. The third-order valence-electron chi connectivity index (χ3n) is 2.04. The molecule has 0 saturated heterocycles. The second-order valence-electron chi connectivity index (χ2n) is 3.34. The Balaban J connectivity index is 2.10. The lowest BCUT2D eigenvalue weighted by atomic mass is 10.3. The van der Waals surface area contributed by atoms with E-state index in [9.17, 15) is 0 Å². The summed E-state index contributed by atoms with van der Waals surface area (Å²) < 4.78 is 0.780. The van der Waals surface area contributed by atoms with Gasteiger partial charge >= 0.3 is 0 Å². The first kappa shape index (κ1) is 11.2.